The Morgan fingerprint density at radius 2 is 2.46 bits per heavy atom. The maximum atomic E-state index is 10.7. The number of aliphatic carboxylic acids is 1. The third-order valence-corrected chi connectivity index (χ3v) is 2.51. The van der Waals surface area contributed by atoms with Crippen molar-refractivity contribution in [3.8, 4) is 12.3 Å². The predicted molar refractivity (Wildman–Crippen MR) is 50.2 cm³/mol. The lowest BCUT2D eigenvalue weighted by Gasteiger charge is -2.35. The normalized spacial score (nSPS) is 28.6. The largest absolute Gasteiger partial charge is 0.481 e. The molecular formula is C10H15NO2. The molecule has 0 spiro atoms. The fourth-order valence-corrected chi connectivity index (χ4v) is 1.60. The number of hydrogen-bond acceptors (Lipinski definition) is 2. The van der Waals surface area contributed by atoms with Gasteiger partial charge in [-0.05, 0) is 19.8 Å². The summed E-state index contributed by atoms with van der Waals surface area (Å²) in [7, 11) is 0. The smallest absolute Gasteiger partial charge is 0.308 e. The number of carboxylic acid groups (broad SMARTS) is 1. The number of terminal acetylenes is 1. The first-order valence-corrected chi connectivity index (χ1v) is 4.57. The molecule has 1 aliphatic carbocycles. The van der Waals surface area contributed by atoms with Crippen LogP contribution in [0.25, 0.3) is 0 Å². The van der Waals surface area contributed by atoms with Gasteiger partial charge in [-0.2, -0.15) is 0 Å². The first kappa shape index (κ1) is 10.1. The summed E-state index contributed by atoms with van der Waals surface area (Å²) in [5.74, 6) is 1.65. The van der Waals surface area contributed by atoms with Crippen molar-refractivity contribution in [3.63, 3.8) is 0 Å². The van der Waals surface area contributed by atoms with Crippen LogP contribution in [0.5, 0.6) is 0 Å². The second kappa shape index (κ2) is 4.29. The Morgan fingerprint density at radius 1 is 1.77 bits per heavy atom. The molecule has 0 saturated heterocycles. The molecule has 3 heteroatoms. The lowest BCUT2D eigenvalue weighted by atomic mass is 9.79. The van der Waals surface area contributed by atoms with Crippen LogP contribution in [0.3, 0.4) is 0 Å². The zero-order valence-electron chi connectivity index (χ0n) is 7.79. The van der Waals surface area contributed by atoms with E-state index in [0.717, 1.165) is 12.8 Å². The van der Waals surface area contributed by atoms with Crippen LogP contribution in [-0.4, -0.2) is 23.2 Å². The molecule has 3 nitrogen and oxygen atoms in total. The molecule has 1 rings (SSSR count). The molecule has 2 N–H and O–H groups in total. The van der Waals surface area contributed by atoms with Gasteiger partial charge in [-0.1, -0.05) is 0 Å². The van der Waals surface area contributed by atoms with Gasteiger partial charge in [0.2, 0.25) is 0 Å². The molecule has 13 heavy (non-hydrogen) atoms. The van der Waals surface area contributed by atoms with Gasteiger partial charge >= 0.3 is 5.97 Å². The number of rotatable bonds is 4. The summed E-state index contributed by atoms with van der Waals surface area (Å²) >= 11 is 0. The molecule has 0 aromatic heterocycles. The molecule has 0 bridgehead atoms. The monoisotopic (exact) mass is 181 g/mol. The number of hydrogen-bond donors (Lipinski definition) is 2. The summed E-state index contributed by atoms with van der Waals surface area (Å²) in [6.45, 7) is 1.98. The molecule has 0 aromatic carbocycles. The molecule has 0 radical (unpaired) electrons. The Balaban J connectivity index is 2.30. The second-order valence-electron chi connectivity index (χ2n) is 3.60. The van der Waals surface area contributed by atoms with Crippen LogP contribution < -0.4 is 5.32 Å². The van der Waals surface area contributed by atoms with E-state index in [0.29, 0.717) is 6.42 Å². The van der Waals surface area contributed by atoms with Gasteiger partial charge in [-0.25, -0.2) is 0 Å². The van der Waals surface area contributed by atoms with Gasteiger partial charge in [0.15, 0.2) is 0 Å². The van der Waals surface area contributed by atoms with Gasteiger partial charge in [0.25, 0.3) is 0 Å². The van der Waals surface area contributed by atoms with Crippen molar-refractivity contribution >= 4 is 5.97 Å². The van der Waals surface area contributed by atoms with E-state index in [1.807, 2.05) is 6.92 Å². The summed E-state index contributed by atoms with van der Waals surface area (Å²) in [5, 5.41) is 12.0. The molecule has 3 unspecified atom stereocenters. The van der Waals surface area contributed by atoms with E-state index in [1.54, 1.807) is 0 Å². The molecule has 0 amide bonds. The minimum Gasteiger partial charge on any atom is -0.481 e. The van der Waals surface area contributed by atoms with E-state index in [-0.39, 0.29) is 18.0 Å². The molecule has 1 fully saturated rings. The number of carbonyl (C=O) groups is 1. The zero-order valence-corrected chi connectivity index (χ0v) is 7.79. The highest BCUT2D eigenvalue weighted by atomic mass is 16.4. The summed E-state index contributed by atoms with van der Waals surface area (Å²) in [4.78, 5) is 10.7. The van der Waals surface area contributed by atoms with Crippen LogP contribution in [0.1, 0.15) is 26.2 Å². The van der Waals surface area contributed by atoms with Gasteiger partial charge in [-0.3, -0.25) is 4.79 Å². The Morgan fingerprint density at radius 3 is 2.85 bits per heavy atom. The van der Waals surface area contributed by atoms with Crippen LogP contribution in [0.15, 0.2) is 0 Å². The molecule has 1 aliphatic rings. The van der Waals surface area contributed by atoms with E-state index >= 15 is 0 Å². The molecule has 72 valence electrons. The van der Waals surface area contributed by atoms with Crippen molar-refractivity contribution in [2.24, 2.45) is 5.92 Å². The Hall–Kier alpha value is -1.01. The highest BCUT2D eigenvalue weighted by molar-refractivity contribution is 5.72. The maximum Gasteiger partial charge on any atom is 0.308 e. The van der Waals surface area contributed by atoms with E-state index in [4.69, 9.17) is 11.5 Å². The summed E-state index contributed by atoms with van der Waals surface area (Å²) < 4.78 is 0. The predicted octanol–water partition coefficient (Wildman–Crippen LogP) is 0.851. The molecule has 0 aliphatic heterocycles. The van der Waals surface area contributed by atoms with Crippen LogP contribution >= 0.6 is 0 Å². The first-order valence-electron chi connectivity index (χ1n) is 4.57. The van der Waals surface area contributed by atoms with Crippen molar-refractivity contribution in [1.29, 1.82) is 0 Å². The zero-order chi connectivity index (χ0) is 9.84. The summed E-state index contributed by atoms with van der Waals surface area (Å²) in [6.07, 6.45) is 7.55. The van der Waals surface area contributed by atoms with Crippen molar-refractivity contribution in [1.82, 2.24) is 5.32 Å². The lowest BCUT2D eigenvalue weighted by Crippen LogP contribution is -2.50. The van der Waals surface area contributed by atoms with Gasteiger partial charge in [-0.15, -0.1) is 12.3 Å². The van der Waals surface area contributed by atoms with E-state index in [1.165, 1.54) is 0 Å². The Bertz CT molecular complexity index is 232. The fourth-order valence-electron chi connectivity index (χ4n) is 1.60. The fraction of sp³-hybridized carbons (Fsp3) is 0.700. The Labute approximate surface area is 78.5 Å². The lowest BCUT2D eigenvalue weighted by molar-refractivity contribution is -0.146. The molecule has 0 heterocycles. The quantitative estimate of drug-likeness (QED) is 0.632. The van der Waals surface area contributed by atoms with Crippen LogP contribution in [-0.2, 0) is 4.79 Å². The minimum atomic E-state index is -0.698. The topological polar surface area (TPSA) is 49.3 Å². The molecule has 0 aromatic rings. The van der Waals surface area contributed by atoms with E-state index in [9.17, 15) is 4.79 Å². The number of nitrogens with one attached hydrogen (secondary N) is 1. The average molecular weight is 181 g/mol. The van der Waals surface area contributed by atoms with Gasteiger partial charge < -0.3 is 10.4 Å². The van der Waals surface area contributed by atoms with Crippen molar-refractivity contribution in [2.75, 3.05) is 0 Å². The third-order valence-electron chi connectivity index (χ3n) is 2.51. The second-order valence-corrected chi connectivity index (χ2v) is 3.60. The van der Waals surface area contributed by atoms with Crippen LogP contribution in [0.4, 0.5) is 0 Å². The standard InChI is InChI=1S/C10H15NO2/c1-3-4-7(2)11-9-6-5-8(9)10(12)13/h1,7-9,11H,4-6H2,2H3,(H,12,13). The van der Waals surface area contributed by atoms with Crippen molar-refractivity contribution in [3.05, 3.63) is 0 Å². The van der Waals surface area contributed by atoms with Crippen LogP contribution in [0, 0.1) is 18.3 Å². The van der Waals surface area contributed by atoms with Gasteiger partial charge in [0.1, 0.15) is 0 Å². The average Bonchev–Trinajstić information content (AvgIpc) is 1.97. The minimum absolute atomic E-state index is 0.126. The SMILES string of the molecule is C#CCC(C)NC1CCC1C(=O)O. The summed E-state index contributed by atoms with van der Waals surface area (Å²) in [6, 6.07) is 0.345. The molecular weight excluding hydrogens is 166 g/mol. The molecule has 3 atom stereocenters. The van der Waals surface area contributed by atoms with Gasteiger partial charge in [0, 0.05) is 18.5 Å². The number of carboxylic acids is 1. The third kappa shape index (κ3) is 2.46. The highest BCUT2D eigenvalue weighted by Gasteiger charge is 2.36. The highest BCUT2D eigenvalue weighted by Crippen LogP contribution is 2.27. The van der Waals surface area contributed by atoms with Gasteiger partial charge in [0.05, 0.1) is 5.92 Å². The Kier molecular flexibility index (Phi) is 3.32. The summed E-state index contributed by atoms with van der Waals surface area (Å²) in [5.41, 5.74) is 0. The first-order chi connectivity index (χ1) is 6.15. The van der Waals surface area contributed by atoms with E-state index in [2.05, 4.69) is 11.2 Å². The maximum absolute atomic E-state index is 10.7. The van der Waals surface area contributed by atoms with Crippen molar-refractivity contribution in [2.45, 2.75) is 38.3 Å². The van der Waals surface area contributed by atoms with Crippen LogP contribution in [0.2, 0.25) is 0 Å². The van der Waals surface area contributed by atoms with E-state index < -0.39 is 5.97 Å². The van der Waals surface area contributed by atoms with Crippen molar-refractivity contribution < 1.29 is 9.90 Å². The molecule has 1 saturated carbocycles.